The van der Waals surface area contributed by atoms with E-state index in [1.165, 1.54) is 398 Å². The lowest BCUT2D eigenvalue weighted by Crippen LogP contribution is -2.40. The zero-order valence-corrected chi connectivity index (χ0v) is 69.8. The van der Waals surface area contributed by atoms with Crippen LogP contribution < -0.4 is 0 Å². The van der Waals surface area contributed by atoms with Crippen molar-refractivity contribution in [2.24, 2.45) is 0 Å². The molecule has 0 fully saturated rings. The average Bonchev–Trinajstić information content (AvgIpc) is 1.16. The number of allylic oxidation sites excluding steroid dienone is 8. The smallest absolute Gasteiger partial charge is 0.361 e. The minimum atomic E-state index is -1.51. The van der Waals surface area contributed by atoms with Gasteiger partial charge < -0.3 is 28.5 Å². The van der Waals surface area contributed by atoms with Crippen LogP contribution in [0.1, 0.15) is 476 Å². The van der Waals surface area contributed by atoms with E-state index in [0.29, 0.717) is 17.4 Å². The number of aliphatic carboxylic acids is 1. The van der Waals surface area contributed by atoms with E-state index in [2.05, 4.69) is 62.5 Å². The highest BCUT2D eigenvalue weighted by Gasteiger charge is 2.25. The molecule has 0 radical (unpaired) electrons. The minimum Gasteiger partial charge on any atom is -0.477 e. The zero-order valence-electron chi connectivity index (χ0n) is 69.8. The second kappa shape index (κ2) is 84.9. The lowest BCUT2D eigenvalue weighted by Gasteiger charge is -2.25. The van der Waals surface area contributed by atoms with Crippen LogP contribution in [0.15, 0.2) is 48.6 Å². The van der Waals surface area contributed by atoms with Gasteiger partial charge in [0.05, 0.1) is 34.4 Å². The van der Waals surface area contributed by atoms with Crippen LogP contribution in [0, 0.1) is 0 Å². The Labute approximate surface area is 642 Å². The number of carboxylic acid groups (broad SMARTS) is 1. The molecule has 0 aliphatic carbocycles. The van der Waals surface area contributed by atoms with Gasteiger partial charge in [-0.25, -0.2) is 4.79 Å². The van der Waals surface area contributed by atoms with E-state index >= 15 is 0 Å². The molecule has 0 aromatic carbocycles. The van der Waals surface area contributed by atoms with Crippen LogP contribution >= 0.6 is 0 Å². The molecule has 0 aromatic rings. The van der Waals surface area contributed by atoms with Crippen molar-refractivity contribution in [2.75, 3.05) is 47.5 Å². The summed E-state index contributed by atoms with van der Waals surface area (Å²) in [4.78, 5) is 37.8. The van der Waals surface area contributed by atoms with Gasteiger partial charge in [0.25, 0.3) is 6.29 Å². The number of hydrogen-bond donors (Lipinski definition) is 1. The summed E-state index contributed by atoms with van der Waals surface area (Å²) in [6.45, 7) is 4.95. The molecular formula is C94H178NO8+. The maximum Gasteiger partial charge on any atom is 0.361 e. The van der Waals surface area contributed by atoms with Gasteiger partial charge in [-0.15, -0.1) is 0 Å². The highest BCUT2D eigenvalue weighted by molar-refractivity contribution is 5.71. The van der Waals surface area contributed by atoms with E-state index in [-0.39, 0.29) is 38.2 Å². The number of esters is 2. The molecule has 2 atom stereocenters. The van der Waals surface area contributed by atoms with E-state index in [0.717, 1.165) is 51.4 Å². The Hall–Kier alpha value is -2.75. The molecule has 0 saturated heterocycles. The van der Waals surface area contributed by atoms with Crippen molar-refractivity contribution in [2.45, 2.75) is 489 Å². The van der Waals surface area contributed by atoms with Gasteiger partial charge in [-0.1, -0.05) is 435 Å². The van der Waals surface area contributed by atoms with E-state index < -0.39 is 18.4 Å². The lowest BCUT2D eigenvalue weighted by atomic mass is 10.0. The lowest BCUT2D eigenvalue weighted by molar-refractivity contribution is -0.870. The molecular weight excluding hydrogens is 1270 g/mol. The number of hydrogen-bond acceptors (Lipinski definition) is 7. The van der Waals surface area contributed by atoms with E-state index in [1.807, 2.05) is 21.1 Å². The fourth-order valence-electron chi connectivity index (χ4n) is 14.1. The third kappa shape index (κ3) is 86.4. The van der Waals surface area contributed by atoms with Crippen LogP contribution in [0.3, 0.4) is 0 Å². The van der Waals surface area contributed by atoms with Crippen molar-refractivity contribution in [1.29, 1.82) is 0 Å². The largest absolute Gasteiger partial charge is 0.477 e. The number of carboxylic acids is 1. The Morgan fingerprint density at radius 2 is 0.524 bits per heavy atom. The molecule has 0 spiro atoms. The fraction of sp³-hybridized carbons (Fsp3) is 0.883. The van der Waals surface area contributed by atoms with Gasteiger partial charge in [-0.3, -0.25) is 9.59 Å². The number of unbranched alkanes of at least 4 members (excludes halogenated alkanes) is 64. The van der Waals surface area contributed by atoms with Crippen LogP contribution in [-0.2, 0) is 33.3 Å². The fourth-order valence-corrected chi connectivity index (χ4v) is 14.1. The summed E-state index contributed by atoms with van der Waals surface area (Å²) in [6.07, 6.45) is 110. The van der Waals surface area contributed by atoms with Crippen LogP contribution in [0.25, 0.3) is 0 Å². The summed E-state index contributed by atoms with van der Waals surface area (Å²) < 4.78 is 23.1. The number of ether oxygens (including phenoxy) is 4. The molecule has 0 aliphatic rings. The molecule has 0 amide bonds. The molecule has 0 rings (SSSR count). The van der Waals surface area contributed by atoms with Crippen molar-refractivity contribution < 1.29 is 42.9 Å². The molecule has 0 bridgehead atoms. The second-order valence-corrected chi connectivity index (χ2v) is 32.6. The van der Waals surface area contributed by atoms with Crippen LogP contribution in [-0.4, -0.2) is 87.4 Å². The average molecular weight is 1450 g/mol. The monoisotopic (exact) mass is 1450 g/mol. The summed E-state index contributed by atoms with van der Waals surface area (Å²) >= 11 is 0. The van der Waals surface area contributed by atoms with Crippen LogP contribution in [0.5, 0.6) is 0 Å². The quantitative estimate of drug-likeness (QED) is 0.0211. The Balaban J connectivity index is 3.88. The predicted octanol–water partition coefficient (Wildman–Crippen LogP) is 29.9. The van der Waals surface area contributed by atoms with Crippen LogP contribution in [0.2, 0.25) is 0 Å². The molecule has 0 aliphatic heterocycles. The molecule has 0 saturated carbocycles. The number of rotatable bonds is 87. The van der Waals surface area contributed by atoms with Gasteiger partial charge in [0.1, 0.15) is 13.2 Å². The number of likely N-dealkylation sites (N-methyl/N-ethyl adjacent to an activating group) is 1. The number of nitrogens with zero attached hydrogens (tertiary/aromatic N) is 1. The van der Waals surface area contributed by atoms with Crippen LogP contribution in [0.4, 0.5) is 0 Å². The van der Waals surface area contributed by atoms with Gasteiger partial charge in [-0.05, 0) is 77.0 Å². The molecule has 9 nitrogen and oxygen atoms in total. The molecule has 1 N–H and O–H groups in total. The Kier molecular flexibility index (Phi) is 82.6. The highest BCUT2D eigenvalue weighted by atomic mass is 16.7. The Morgan fingerprint density at radius 3 is 0.786 bits per heavy atom. The first kappa shape index (κ1) is 100. The van der Waals surface area contributed by atoms with Gasteiger partial charge in [0.15, 0.2) is 6.10 Å². The first-order valence-electron chi connectivity index (χ1n) is 45.8. The third-order valence-electron chi connectivity index (χ3n) is 21.1. The normalized spacial score (nSPS) is 12.7. The van der Waals surface area contributed by atoms with Gasteiger partial charge in [-0.2, -0.15) is 0 Å². The van der Waals surface area contributed by atoms with Gasteiger partial charge in [0.2, 0.25) is 0 Å². The number of carbonyl (C=O) groups excluding carboxylic acids is 2. The number of quaternary nitrogens is 1. The predicted molar refractivity (Wildman–Crippen MR) is 447 cm³/mol. The first-order valence-corrected chi connectivity index (χ1v) is 45.8. The SMILES string of the molecule is CCCCCCC/C=C\C/C=C\C/C=C\CCCCCCCCCCCCCCCCCCCCCCCCC(=O)OC(COC(=O)CCCCCCCCCCCCCCCCCCCCCCCCCCCCCCC/C=C\CCCCCCCCCC)COC(OCC[N+](C)(C)C)C(=O)O. The van der Waals surface area contributed by atoms with Crippen molar-refractivity contribution in [1.82, 2.24) is 0 Å². The summed E-state index contributed by atoms with van der Waals surface area (Å²) in [5.41, 5.74) is 0. The molecule has 2 unspecified atom stereocenters. The third-order valence-corrected chi connectivity index (χ3v) is 21.1. The van der Waals surface area contributed by atoms with Gasteiger partial charge >= 0.3 is 17.9 Å². The molecule has 606 valence electrons. The standard InChI is InChI=1S/C94H177NO8/c1-6-8-10-12-14-16-18-20-22-24-26-28-30-32-34-36-38-40-42-44-45-46-47-49-50-52-54-56-58-60-62-64-66-68-70-72-74-76-78-80-82-84-91(96)101-88-90(89-102-94(93(98)99)100-87-86-95(3,4)5)103-92(97)85-83-81-79-77-75-73-71-69-67-65-63-61-59-57-55-53-51-48-43-41-39-37-35-33-31-29-27-25-23-21-19-17-15-13-11-9-7-2/h19,21,24-27,31,33,90,94H,6-18,20,22-23,28-30,32,34-89H2,1-5H3/p+1/b21-19-,26-24-,27-25-,33-31-. The minimum absolute atomic E-state index is 0.175. The summed E-state index contributed by atoms with van der Waals surface area (Å²) in [5.74, 6) is -1.97. The Morgan fingerprint density at radius 1 is 0.291 bits per heavy atom. The Bertz CT molecular complexity index is 1840. The van der Waals surface area contributed by atoms with Crippen molar-refractivity contribution in [3.63, 3.8) is 0 Å². The van der Waals surface area contributed by atoms with Crippen molar-refractivity contribution in [3.8, 4) is 0 Å². The summed E-state index contributed by atoms with van der Waals surface area (Å²) in [5, 5.41) is 9.80. The molecule has 9 heteroatoms. The highest BCUT2D eigenvalue weighted by Crippen LogP contribution is 2.21. The molecule has 0 aromatic heterocycles. The first-order chi connectivity index (χ1) is 50.6. The van der Waals surface area contributed by atoms with Crippen molar-refractivity contribution in [3.05, 3.63) is 48.6 Å². The second-order valence-electron chi connectivity index (χ2n) is 32.6. The topological polar surface area (TPSA) is 108 Å². The summed E-state index contributed by atoms with van der Waals surface area (Å²) in [7, 11) is 6.01. The van der Waals surface area contributed by atoms with E-state index in [9.17, 15) is 19.5 Å². The maximum atomic E-state index is 13.0. The summed E-state index contributed by atoms with van der Waals surface area (Å²) in [6, 6.07) is 0. The van der Waals surface area contributed by atoms with E-state index in [1.54, 1.807) is 0 Å². The van der Waals surface area contributed by atoms with Gasteiger partial charge in [0, 0.05) is 12.8 Å². The zero-order chi connectivity index (χ0) is 74.6. The molecule has 0 heterocycles. The molecule has 103 heavy (non-hydrogen) atoms. The maximum absolute atomic E-state index is 13.0. The van der Waals surface area contributed by atoms with E-state index in [4.69, 9.17) is 18.9 Å². The van der Waals surface area contributed by atoms with Crippen molar-refractivity contribution >= 4 is 17.9 Å². The number of carbonyl (C=O) groups is 3.